The van der Waals surface area contributed by atoms with E-state index >= 15 is 0 Å². The summed E-state index contributed by atoms with van der Waals surface area (Å²) in [5, 5.41) is 7.80. The molecule has 117 valence electrons. The Labute approximate surface area is 162 Å². The van der Waals surface area contributed by atoms with Gasteiger partial charge < -0.3 is 11.2 Å². The van der Waals surface area contributed by atoms with Gasteiger partial charge in [-0.1, -0.05) is 6.92 Å². The summed E-state index contributed by atoms with van der Waals surface area (Å²) in [4.78, 5) is 13.3. The summed E-state index contributed by atoms with van der Waals surface area (Å²) in [6, 6.07) is 2.58. The van der Waals surface area contributed by atoms with Crippen LogP contribution in [0.4, 0.5) is 5.95 Å². The molecule has 2 rings (SSSR count). The van der Waals surface area contributed by atoms with Crippen LogP contribution >= 0.6 is 11.3 Å². The predicted molar refractivity (Wildman–Crippen MR) is 88.6 cm³/mol. The molecule has 0 aliphatic rings. The van der Waals surface area contributed by atoms with Crippen molar-refractivity contribution in [3.8, 4) is 0 Å². The van der Waals surface area contributed by atoms with E-state index in [2.05, 4.69) is 44.0 Å². The van der Waals surface area contributed by atoms with Crippen molar-refractivity contribution in [2.24, 2.45) is 0 Å². The molecule has 0 fully saturated rings. The first kappa shape index (κ1) is 19.5. The molecule has 0 amide bonds. The molecule has 0 saturated heterocycles. The van der Waals surface area contributed by atoms with Crippen molar-refractivity contribution in [1.82, 2.24) is 15.0 Å². The first-order valence-corrected chi connectivity index (χ1v) is 8.33. The van der Waals surface area contributed by atoms with Crippen LogP contribution < -0.4 is 5.32 Å². The number of aryl methyl sites for hydroxylation is 2. The molecule has 1 radical (unpaired) electrons. The fraction of sp³-hybridized carbons (Fsp3) is 0.500. The summed E-state index contributed by atoms with van der Waals surface area (Å²) in [5.74, 6) is 3.33. The Bertz CT molecular complexity index is 557. The van der Waals surface area contributed by atoms with Crippen molar-refractivity contribution in [2.45, 2.75) is 53.0 Å². The summed E-state index contributed by atoms with van der Waals surface area (Å²) >= 11 is 1.75. The van der Waals surface area contributed by atoms with Crippen LogP contribution in [0.15, 0.2) is 16.8 Å². The van der Waals surface area contributed by atoms with E-state index in [0.717, 1.165) is 36.8 Å². The molecule has 22 heavy (non-hydrogen) atoms. The van der Waals surface area contributed by atoms with Gasteiger partial charge in [0.25, 0.3) is 0 Å². The number of thiophene rings is 1. The second-order valence-corrected chi connectivity index (χ2v) is 6.23. The number of hydrogen-bond acceptors (Lipinski definition) is 5. The number of nitrogens with zero attached hydrogens (tertiary/aromatic N) is 3. The molecule has 6 heteroatoms. The minimum absolute atomic E-state index is 0. The Morgan fingerprint density at radius 3 is 2.64 bits per heavy atom. The largest absolute Gasteiger partial charge is 0.351 e. The van der Waals surface area contributed by atoms with Gasteiger partial charge in [-0.3, -0.25) is 4.98 Å². The van der Waals surface area contributed by atoms with Crippen LogP contribution in [0, 0.1) is 12.8 Å². The Kier molecular flexibility index (Phi) is 8.51. The van der Waals surface area contributed by atoms with E-state index in [1.807, 2.05) is 20.8 Å². The summed E-state index contributed by atoms with van der Waals surface area (Å²) in [6.07, 6.45) is 3.23. The van der Waals surface area contributed by atoms with Crippen LogP contribution in [0.5, 0.6) is 0 Å². The van der Waals surface area contributed by atoms with Gasteiger partial charge in [0, 0.05) is 44.6 Å². The summed E-state index contributed by atoms with van der Waals surface area (Å²) in [6.45, 7) is 8.14. The Balaban J connectivity index is 0.00000242. The molecule has 2 aromatic rings. The van der Waals surface area contributed by atoms with Gasteiger partial charge in [-0.2, -0.15) is 30.2 Å². The van der Waals surface area contributed by atoms with Crippen molar-refractivity contribution in [3.05, 3.63) is 40.0 Å². The average Bonchev–Trinajstić information content (AvgIpc) is 2.96. The monoisotopic (exact) mass is 392 g/mol. The van der Waals surface area contributed by atoms with Gasteiger partial charge in [-0.25, -0.2) is 4.98 Å². The smallest absolute Gasteiger partial charge is 0.223 e. The molecule has 2 aromatic heterocycles. The van der Waals surface area contributed by atoms with Gasteiger partial charge in [0.05, 0.1) is 0 Å². The first-order chi connectivity index (χ1) is 10.1. The van der Waals surface area contributed by atoms with Crippen molar-refractivity contribution in [1.29, 1.82) is 0 Å². The molecule has 1 unspecified atom stereocenters. The molecule has 0 saturated carbocycles. The van der Waals surface area contributed by atoms with Crippen LogP contribution in [0.1, 0.15) is 50.8 Å². The van der Waals surface area contributed by atoms with Crippen molar-refractivity contribution in [2.75, 3.05) is 5.32 Å². The number of rotatable bonds is 7. The zero-order chi connectivity index (χ0) is 15.2. The maximum absolute atomic E-state index is 4.50. The second kappa shape index (κ2) is 9.58. The SMILES string of the molecule is CCC(CCc1ccsc1)Nc1nc(C)nc([C-](C)C)n1.[Y]. The topological polar surface area (TPSA) is 50.7 Å². The Morgan fingerprint density at radius 1 is 1.27 bits per heavy atom. The average molecular weight is 392 g/mol. The van der Waals surface area contributed by atoms with Gasteiger partial charge in [0.1, 0.15) is 5.82 Å². The summed E-state index contributed by atoms with van der Waals surface area (Å²) < 4.78 is 0. The van der Waals surface area contributed by atoms with Crippen LogP contribution in [-0.2, 0) is 39.1 Å². The molecular weight excluding hydrogens is 369 g/mol. The molecule has 4 nitrogen and oxygen atoms in total. The molecule has 0 aliphatic carbocycles. The third-order valence-corrected chi connectivity index (χ3v) is 4.11. The van der Waals surface area contributed by atoms with Gasteiger partial charge in [0.15, 0.2) is 0 Å². The molecule has 1 atom stereocenters. The van der Waals surface area contributed by atoms with E-state index in [9.17, 15) is 0 Å². The van der Waals surface area contributed by atoms with E-state index < -0.39 is 0 Å². The molecule has 2 heterocycles. The summed E-state index contributed by atoms with van der Waals surface area (Å²) in [5.41, 5.74) is 1.41. The molecule has 0 aliphatic heterocycles. The zero-order valence-corrected chi connectivity index (χ0v) is 17.4. The molecule has 1 N–H and O–H groups in total. The summed E-state index contributed by atoms with van der Waals surface area (Å²) in [7, 11) is 0. The molecule has 0 bridgehead atoms. The van der Waals surface area contributed by atoms with Crippen molar-refractivity contribution >= 4 is 17.3 Å². The van der Waals surface area contributed by atoms with Gasteiger partial charge >= 0.3 is 0 Å². The normalized spacial score (nSPS) is 11.6. The van der Waals surface area contributed by atoms with E-state index in [4.69, 9.17) is 0 Å². The van der Waals surface area contributed by atoms with E-state index in [0.29, 0.717) is 12.0 Å². The fourth-order valence-corrected chi connectivity index (χ4v) is 2.81. The van der Waals surface area contributed by atoms with Crippen LogP contribution in [0.3, 0.4) is 0 Å². The molecule has 0 spiro atoms. The van der Waals surface area contributed by atoms with Crippen LogP contribution in [-0.4, -0.2) is 21.0 Å². The van der Waals surface area contributed by atoms with Crippen LogP contribution in [0.2, 0.25) is 0 Å². The minimum Gasteiger partial charge on any atom is -0.351 e. The third-order valence-electron chi connectivity index (χ3n) is 3.38. The Hall–Kier alpha value is -0.516. The van der Waals surface area contributed by atoms with Crippen molar-refractivity contribution < 1.29 is 32.7 Å². The number of anilines is 1. The second-order valence-electron chi connectivity index (χ2n) is 5.45. The maximum Gasteiger partial charge on any atom is 0.223 e. The predicted octanol–water partition coefficient (Wildman–Crippen LogP) is 4.02. The van der Waals surface area contributed by atoms with Gasteiger partial charge in [-0.05, 0) is 48.6 Å². The quantitative estimate of drug-likeness (QED) is 0.723. The Morgan fingerprint density at radius 2 is 2.05 bits per heavy atom. The van der Waals surface area contributed by atoms with E-state index in [1.54, 1.807) is 11.3 Å². The minimum atomic E-state index is 0. The zero-order valence-electron chi connectivity index (χ0n) is 13.8. The number of nitrogens with one attached hydrogen (secondary N) is 1. The maximum atomic E-state index is 4.50. The van der Waals surface area contributed by atoms with Gasteiger partial charge in [0.2, 0.25) is 5.95 Å². The van der Waals surface area contributed by atoms with Crippen molar-refractivity contribution in [3.63, 3.8) is 0 Å². The third kappa shape index (κ3) is 5.94. The number of aromatic nitrogens is 3. The molecule has 0 aromatic carbocycles. The fourth-order valence-electron chi connectivity index (χ4n) is 2.11. The van der Waals surface area contributed by atoms with Crippen LogP contribution in [0.25, 0.3) is 0 Å². The standard InChI is InChI=1S/C16H23N4S.Y/c1-5-14(7-6-13-8-9-21-10-13)19-16-18-12(4)17-15(20-16)11(2)3;/h8-10,14H,5-7H2,1-4H3,(H,17,18,19,20);/q-1;. The first-order valence-electron chi connectivity index (χ1n) is 7.39. The van der Waals surface area contributed by atoms with E-state index in [1.165, 1.54) is 5.56 Å². The van der Waals surface area contributed by atoms with E-state index in [-0.39, 0.29) is 32.7 Å². The number of hydrogen-bond donors (Lipinski definition) is 1. The molecular formula is C16H23N4SY-. The van der Waals surface area contributed by atoms with Gasteiger partial charge in [-0.15, -0.1) is 0 Å².